The Morgan fingerprint density at radius 2 is 2.20 bits per heavy atom. The first-order valence-corrected chi connectivity index (χ1v) is 7.61. The van der Waals surface area contributed by atoms with Gasteiger partial charge in [-0.05, 0) is 50.8 Å². The highest BCUT2D eigenvalue weighted by atomic mass is 16.1. The molecule has 4 nitrogen and oxygen atoms in total. The van der Waals surface area contributed by atoms with Gasteiger partial charge in [-0.15, -0.1) is 0 Å². The van der Waals surface area contributed by atoms with Crippen molar-refractivity contribution in [3.8, 4) is 0 Å². The number of piperidine rings is 1. The minimum Gasteiger partial charge on any atom is -0.397 e. The fourth-order valence-corrected chi connectivity index (χ4v) is 2.96. The Labute approximate surface area is 121 Å². The number of rotatable bonds is 4. The molecule has 1 aliphatic rings. The third-order valence-electron chi connectivity index (χ3n) is 4.03. The van der Waals surface area contributed by atoms with Gasteiger partial charge in [-0.2, -0.15) is 0 Å². The summed E-state index contributed by atoms with van der Waals surface area (Å²) in [6.07, 6.45) is 4.88. The average Bonchev–Trinajstić information content (AvgIpc) is 2.47. The van der Waals surface area contributed by atoms with Crippen LogP contribution in [0.4, 0.5) is 11.4 Å². The Kier molecular flexibility index (Phi) is 4.88. The lowest BCUT2D eigenvalue weighted by molar-refractivity contribution is 0.0956. The Morgan fingerprint density at radius 3 is 2.85 bits per heavy atom. The molecule has 1 heterocycles. The van der Waals surface area contributed by atoms with Gasteiger partial charge in [-0.3, -0.25) is 4.79 Å². The molecular weight excluding hydrogens is 250 g/mol. The second-order valence-corrected chi connectivity index (χ2v) is 5.38. The third kappa shape index (κ3) is 3.06. The molecule has 4 heteroatoms. The van der Waals surface area contributed by atoms with E-state index >= 15 is 0 Å². The SMILES string of the molecule is CCNC(=O)c1ccc(N2CCCCC2CC)c(N)c1. The van der Waals surface area contributed by atoms with Crippen LogP contribution in [0, 0.1) is 0 Å². The highest BCUT2D eigenvalue weighted by Crippen LogP contribution is 2.31. The molecule has 2 rings (SSSR count). The first-order valence-electron chi connectivity index (χ1n) is 7.61. The summed E-state index contributed by atoms with van der Waals surface area (Å²) in [4.78, 5) is 14.2. The van der Waals surface area contributed by atoms with Crippen LogP contribution >= 0.6 is 0 Å². The molecule has 1 aromatic rings. The van der Waals surface area contributed by atoms with Crippen LogP contribution in [0.15, 0.2) is 18.2 Å². The summed E-state index contributed by atoms with van der Waals surface area (Å²) in [7, 11) is 0. The zero-order valence-electron chi connectivity index (χ0n) is 12.5. The zero-order valence-corrected chi connectivity index (χ0v) is 12.5. The minimum absolute atomic E-state index is 0.0589. The van der Waals surface area contributed by atoms with Gasteiger partial charge in [0.2, 0.25) is 0 Å². The van der Waals surface area contributed by atoms with Crippen LogP contribution < -0.4 is 16.0 Å². The molecule has 1 saturated heterocycles. The number of nitrogens with one attached hydrogen (secondary N) is 1. The molecule has 1 fully saturated rings. The molecule has 1 aliphatic heterocycles. The van der Waals surface area contributed by atoms with Crippen LogP contribution in [0.5, 0.6) is 0 Å². The van der Waals surface area contributed by atoms with Crippen LogP contribution in [0.1, 0.15) is 49.9 Å². The number of hydrogen-bond acceptors (Lipinski definition) is 3. The van der Waals surface area contributed by atoms with Gasteiger partial charge < -0.3 is 16.0 Å². The molecule has 0 aromatic heterocycles. The molecule has 0 radical (unpaired) electrons. The van der Waals surface area contributed by atoms with Gasteiger partial charge in [0.05, 0.1) is 11.4 Å². The van der Waals surface area contributed by atoms with Gasteiger partial charge in [0.15, 0.2) is 0 Å². The van der Waals surface area contributed by atoms with Gasteiger partial charge in [0, 0.05) is 24.7 Å². The van der Waals surface area contributed by atoms with Gasteiger partial charge in [-0.25, -0.2) is 0 Å². The maximum atomic E-state index is 11.8. The van der Waals surface area contributed by atoms with E-state index in [2.05, 4.69) is 17.1 Å². The predicted octanol–water partition coefficient (Wildman–Crippen LogP) is 2.79. The van der Waals surface area contributed by atoms with Crippen molar-refractivity contribution in [3.05, 3.63) is 23.8 Å². The lowest BCUT2D eigenvalue weighted by Crippen LogP contribution is -2.39. The number of anilines is 2. The Balaban J connectivity index is 2.22. The third-order valence-corrected chi connectivity index (χ3v) is 4.03. The number of nitrogens with two attached hydrogens (primary N) is 1. The molecule has 0 saturated carbocycles. The Bertz CT molecular complexity index is 473. The summed E-state index contributed by atoms with van der Waals surface area (Å²) >= 11 is 0. The van der Waals surface area contributed by atoms with E-state index in [4.69, 9.17) is 5.73 Å². The number of amides is 1. The summed E-state index contributed by atoms with van der Waals surface area (Å²) in [5.74, 6) is -0.0589. The van der Waals surface area contributed by atoms with E-state index in [1.54, 1.807) is 6.07 Å². The fourth-order valence-electron chi connectivity index (χ4n) is 2.96. The van der Waals surface area contributed by atoms with E-state index in [1.807, 2.05) is 19.1 Å². The number of benzene rings is 1. The van der Waals surface area contributed by atoms with Crippen LogP contribution in [0.2, 0.25) is 0 Å². The van der Waals surface area contributed by atoms with Crippen LogP contribution in [-0.4, -0.2) is 25.0 Å². The van der Waals surface area contributed by atoms with Gasteiger partial charge in [-0.1, -0.05) is 6.92 Å². The van der Waals surface area contributed by atoms with E-state index < -0.39 is 0 Å². The molecule has 1 amide bonds. The summed E-state index contributed by atoms with van der Waals surface area (Å²) in [6, 6.07) is 6.23. The van der Waals surface area contributed by atoms with Crippen molar-refractivity contribution < 1.29 is 4.79 Å². The number of nitrogen functional groups attached to an aromatic ring is 1. The maximum absolute atomic E-state index is 11.8. The molecule has 1 aromatic carbocycles. The molecule has 0 aliphatic carbocycles. The van der Waals surface area contributed by atoms with Gasteiger partial charge >= 0.3 is 0 Å². The number of nitrogens with zero attached hydrogens (tertiary/aromatic N) is 1. The monoisotopic (exact) mass is 275 g/mol. The van der Waals surface area contributed by atoms with Crippen molar-refractivity contribution in [2.75, 3.05) is 23.7 Å². The summed E-state index contributed by atoms with van der Waals surface area (Å²) in [5, 5.41) is 2.80. The number of carbonyl (C=O) groups excluding carboxylic acids is 1. The highest BCUT2D eigenvalue weighted by Gasteiger charge is 2.22. The Hall–Kier alpha value is -1.71. The summed E-state index contributed by atoms with van der Waals surface area (Å²) < 4.78 is 0. The number of hydrogen-bond donors (Lipinski definition) is 2. The standard InChI is InChI=1S/C16H25N3O/c1-3-13-7-5-6-10-19(13)15-9-8-12(11-14(15)17)16(20)18-4-2/h8-9,11,13H,3-7,10,17H2,1-2H3,(H,18,20). The van der Waals surface area contributed by atoms with Crippen molar-refractivity contribution in [1.82, 2.24) is 5.32 Å². The van der Waals surface area contributed by atoms with Gasteiger partial charge in [0.1, 0.15) is 0 Å². The van der Waals surface area contributed by atoms with Crippen LogP contribution in [-0.2, 0) is 0 Å². The molecule has 110 valence electrons. The lowest BCUT2D eigenvalue weighted by atomic mass is 9.98. The van der Waals surface area contributed by atoms with Crippen LogP contribution in [0.25, 0.3) is 0 Å². The van der Waals surface area contributed by atoms with Crippen molar-refractivity contribution in [2.45, 2.75) is 45.6 Å². The van der Waals surface area contributed by atoms with Crippen molar-refractivity contribution in [1.29, 1.82) is 0 Å². The van der Waals surface area contributed by atoms with E-state index in [-0.39, 0.29) is 5.91 Å². The topological polar surface area (TPSA) is 58.4 Å². The molecular formula is C16H25N3O. The lowest BCUT2D eigenvalue weighted by Gasteiger charge is -2.37. The van der Waals surface area contributed by atoms with E-state index in [0.717, 1.165) is 18.7 Å². The molecule has 3 N–H and O–H groups in total. The molecule has 0 bridgehead atoms. The molecule has 0 spiro atoms. The second kappa shape index (κ2) is 6.64. The average molecular weight is 275 g/mol. The van der Waals surface area contributed by atoms with Crippen LogP contribution in [0.3, 0.4) is 0 Å². The smallest absolute Gasteiger partial charge is 0.251 e. The largest absolute Gasteiger partial charge is 0.397 e. The van der Waals surface area contributed by atoms with E-state index in [0.29, 0.717) is 23.8 Å². The van der Waals surface area contributed by atoms with E-state index in [1.165, 1.54) is 19.3 Å². The van der Waals surface area contributed by atoms with Crippen molar-refractivity contribution in [2.24, 2.45) is 0 Å². The quantitative estimate of drug-likeness (QED) is 0.831. The Morgan fingerprint density at radius 1 is 1.40 bits per heavy atom. The fraction of sp³-hybridized carbons (Fsp3) is 0.562. The second-order valence-electron chi connectivity index (χ2n) is 5.38. The normalized spacial score (nSPS) is 18.9. The predicted molar refractivity (Wildman–Crippen MR) is 84.1 cm³/mol. The highest BCUT2D eigenvalue weighted by molar-refractivity contribution is 5.96. The first kappa shape index (κ1) is 14.7. The molecule has 1 unspecified atom stereocenters. The molecule has 20 heavy (non-hydrogen) atoms. The first-order chi connectivity index (χ1) is 9.67. The minimum atomic E-state index is -0.0589. The molecule has 1 atom stereocenters. The van der Waals surface area contributed by atoms with Crippen molar-refractivity contribution >= 4 is 17.3 Å². The summed E-state index contributed by atoms with van der Waals surface area (Å²) in [5.41, 5.74) is 8.60. The van der Waals surface area contributed by atoms with E-state index in [9.17, 15) is 4.79 Å². The summed E-state index contributed by atoms with van der Waals surface area (Å²) in [6.45, 7) is 5.82. The van der Waals surface area contributed by atoms with Crippen molar-refractivity contribution in [3.63, 3.8) is 0 Å². The van der Waals surface area contributed by atoms with Gasteiger partial charge in [0.25, 0.3) is 5.91 Å². The maximum Gasteiger partial charge on any atom is 0.251 e. The zero-order chi connectivity index (χ0) is 14.5. The number of carbonyl (C=O) groups is 1.